The number of ketones is 1. The maximum atomic E-state index is 11.9. The van der Waals surface area contributed by atoms with E-state index in [0.29, 0.717) is 5.78 Å². The summed E-state index contributed by atoms with van der Waals surface area (Å²) in [5.41, 5.74) is 0.898. The van der Waals surface area contributed by atoms with Gasteiger partial charge in [0.05, 0.1) is 16.6 Å². The predicted molar refractivity (Wildman–Crippen MR) is 61.3 cm³/mol. The minimum atomic E-state index is -0.309. The topological polar surface area (TPSA) is 34.9 Å². The Morgan fingerprint density at radius 3 is 2.62 bits per heavy atom. The summed E-state index contributed by atoms with van der Waals surface area (Å²) in [7, 11) is 0. The maximum Gasteiger partial charge on any atom is 0.144 e. The van der Waals surface area contributed by atoms with Crippen LogP contribution in [0.2, 0.25) is 0 Å². The first-order valence-electron chi connectivity index (χ1n) is 6.15. The summed E-state index contributed by atoms with van der Waals surface area (Å²) in [5.74, 6) is 0.360. The molecule has 1 heterocycles. The third-order valence-corrected chi connectivity index (χ3v) is 4.38. The van der Waals surface area contributed by atoms with Crippen LogP contribution in [0.15, 0.2) is 12.3 Å². The molecule has 3 nitrogen and oxygen atoms in total. The van der Waals surface area contributed by atoms with Crippen LogP contribution in [0.1, 0.15) is 51.6 Å². The largest absolute Gasteiger partial charge is 0.299 e. The molecule has 0 N–H and O–H groups in total. The van der Waals surface area contributed by atoms with E-state index in [2.05, 4.69) is 16.7 Å². The van der Waals surface area contributed by atoms with Gasteiger partial charge in [0, 0.05) is 12.6 Å². The molecule has 1 atom stereocenters. The highest BCUT2D eigenvalue weighted by Crippen LogP contribution is 2.43. The van der Waals surface area contributed by atoms with Crippen molar-refractivity contribution in [2.24, 2.45) is 0 Å². The standard InChI is InChI=1S/C13H18N2O/c1-12(7-8-12)15-9-5-10(14-15)13(2)6-3-4-11(13)16/h5,9H,3-4,6-8H2,1-2H3. The van der Waals surface area contributed by atoms with E-state index in [9.17, 15) is 4.79 Å². The zero-order valence-electron chi connectivity index (χ0n) is 9.99. The van der Waals surface area contributed by atoms with Gasteiger partial charge in [-0.15, -0.1) is 0 Å². The summed E-state index contributed by atoms with van der Waals surface area (Å²) < 4.78 is 2.05. The highest BCUT2D eigenvalue weighted by atomic mass is 16.1. The summed E-state index contributed by atoms with van der Waals surface area (Å²) in [5, 5.41) is 4.64. The Bertz CT molecular complexity index is 445. The van der Waals surface area contributed by atoms with Crippen LogP contribution >= 0.6 is 0 Å². The van der Waals surface area contributed by atoms with Gasteiger partial charge in [-0.3, -0.25) is 9.48 Å². The lowest BCUT2D eigenvalue weighted by Gasteiger charge is -2.19. The lowest BCUT2D eigenvalue weighted by molar-refractivity contribution is -0.121. The molecule has 1 unspecified atom stereocenters. The van der Waals surface area contributed by atoms with Gasteiger partial charge in [-0.25, -0.2) is 0 Å². The van der Waals surface area contributed by atoms with Crippen LogP contribution in [-0.2, 0) is 15.7 Å². The summed E-state index contributed by atoms with van der Waals surface area (Å²) in [4.78, 5) is 11.9. The van der Waals surface area contributed by atoms with Crippen molar-refractivity contribution in [1.29, 1.82) is 0 Å². The van der Waals surface area contributed by atoms with Crippen LogP contribution in [0.5, 0.6) is 0 Å². The Morgan fingerprint density at radius 1 is 1.31 bits per heavy atom. The fourth-order valence-electron chi connectivity index (χ4n) is 2.62. The minimum Gasteiger partial charge on any atom is -0.299 e. The number of hydrogen-bond donors (Lipinski definition) is 0. The average Bonchev–Trinajstić information content (AvgIpc) is 2.71. The monoisotopic (exact) mass is 218 g/mol. The molecule has 1 aromatic heterocycles. The SMILES string of the molecule is CC1(c2ccn(C3(C)CC3)n2)CCCC1=O. The smallest absolute Gasteiger partial charge is 0.144 e. The molecule has 86 valence electrons. The second-order valence-corrected chi connectivity index (χ2v) is 5.75. The van der Waals surface area contributed by atoms with Gasteiger partial charge >= 0.3 is 0 Å². The molecule has 0 bridgehead atoms. The van der Waals surface area contributed by atoms with Gasteiger partial charge < -0.3 is 0 Å². The van der Waals surface area contributed by atoms with Crippen LogP contribution in [0, 0.1) is 0 Å². The summed E-state index contributed by atoms with van der Waals surface area (Å²) in [6.45, 7) is 4.27. The molecule has 3 rings (SSSR count). The van der Waals surface area contributed by atoms with E-state index >= 15 is 0 Å². The highest BCUT2D eigenvalue weighted by Gasteiger charge is 2.44. The number of carbonyl (C=O) groups excluding carboxylic acids is 1. The van der Waals surface area contributed by atoms with Crippen LogP contribution in [0.25, 0.3) is 0 Å². The summed E-state index contributed by atoms with van der Waals surface area (Å²) in [6, 6.07) is 2.03. The van der Waals surface area contributed by atoms with Crippen LogP contribution in [-0.4, -0.2) is 15.6 Å². The van der Waals surface area contributed by atoms with Crippen molar-refractivity contribution in [3.8, 4) is 0 Å². The van der Waals surface area contributed by atoms with Gasteiger partial charge in [0.15, 0.2) is 0 Å². The quantitative estimate of drug-likeness (QED) is 0.764. The van der Waals surface area contributed by atoms with Crippen molar-refractivity contribution in [3.63, 3.8) is 0 Å². The van der Waals surface area contributed by atoms with E-state index in [4.69, 9.17) is 0 Å². The Hall–Kier alpha value is -1.12. The third kappa shape index (κ3) is 1.27. The molecule has 2 aliphatic carbocycles. The molecular formula is C13H18N2O. The number of Topliss-reactive ketones (excluding diaryl/α,β-unsaturated/α-hetero) is 1. The predicted octanol–water partition coefficient (Wildman–Crippen LogP) is 2.40. The van der Waals surface area contributed by atoms with Crippen LogP contribution in [0.4, 0.5) is 0 Å². The molecule has 2 fully saturated rings. The molecule has 0 radical (unpaired) electrons. The van der Waals surface area contributed by atoms with Crippen molar-refractivity contribution in [3.05, 3.63) is 18.0 Å². The van der Waals surface area contributed by atoms with Gasteiger partial charge in [-0.05, 0) is 45.6 Å². The first-order valence-corrected chi connectivity index (χ1v) is 6.15. The average molecular weight is 218 g/mol. The molecule has 2 saturated carbocycles. The van der Waals surface area contributed by atoms with E-state index in [1.165, 1.54) is 12.8 Å². The molecular weight excluding hydrogens is 200 g/mol. The van der Waals surface area contributed by atoms with Crippen LogP contribution < -0.4 is 0 Å². The minimum absolute atomic E-state index is 0.232. The number of nitrogens with zero attached hydrogens (tertiary/aromatic N) is 2. The molecule has 0 aromatic carbocycles. The fraction of sp³-hybridized carbons (Fsp3) is 0.692. The number of rotatable bonds is 2. The Labute approximate surface area is 95.8 Å². The normalized spacial score (nSPS) is 32.0. The molecule has 0 amide bonds. The van der Waals surface area contributed by atoms with Crippen molar-refractivity contribution in [1.82, 2.24) is 9.78 Å². The molecule has 2 aliphatic rings. The van der Waals surface area contributed by atoms with E-state index in [0.717, 1.165) is 25.0 Å². The lowest BCUT2D eigenvalue weighted by Crippen LogP contribution is -2.28. The van der Waals surface area contributed by atoms with E-state index in [1.807, 2.05) is 19.2 Å². The van der Waals surface area contributed by atoms with Gasteiger partial charge in [0.1, 0.15) is 5.78 Å². The molecule has 3 heteroatoms. The summed E-state index contributed by atoms with van der Waals surface area (Å²) in [6.07, 6.45) is 7.15. The van der Waals surface area contributed by atoms with E-state index in [-0.39, 0.29) is 11.0 Å². The van der Waals surface area contributed by atoms with Crippen LogP contribution in [0.3, 0.4) is 0 Å². The number of aromatic nitrogens is 2. The zero-order chi connectivity index (χ0) is 11.4. The highest BCUT2D eigenvalue weighted by molar-refractivity contribution is 5.91. The maximum absolute atomic E-state index is 11.9. The van der Waals surface area contributed by atoms with E-state index < -0.39 is 0 Å². The molecule has 0 saturated heterocycles. The van der Waals surface area contributed by atoms with Gasteiger partial charge in [-0.1, -0.05) is 0 Å². The molecule has 16 heavy (non-hydrogen) atoms. The Kier molecular flexibility index (Phi) is 1.86. The first-order chi connectivity index (χ1) is 7.55. The Morgan fingerprint density at radius 2 is 2.06 bits per heavy atom. The van der Waals surface area contributed by atoms with E-state index in [1.54, 1.807) is 0 Å². The van der Waals surface area contributed by atoms with Crippen molar-refractivity contribution in [2.45, 2.75) is 56.9 Å². The van der Waals surface area contributed by atoms with Crippen molar-refractivity contribution < 1.29 is 4.79 Å². The molecule has 1 aromatic rings. The second-order valence-electron chi connectivity index (χ2n) is 5.75. The second kappa shape index (κ2) is 2.96. The third-order valence-electron chi connectivity index (χ3n) is 4.38. The molecule has 0 aliphatic heterocycles. The van der Waals surface area contributed by atoms with Crippen molar-refractivity contribution >= 4 is 5.78 Å². The fourth-order valence-corrected chi connectivity index (χ4v) is 2.62. The zero-order valence-corrected chi connectivity index (χ0v) is 9.99. The first kappa shape index (κ1) is 10.1. The summed E-state index contributed by atoms with van der Waals surface area (Å²) >= 11 is 0. The number of hydrogen-bond acceptors (Lipinski definition) is 2. The Balaban J connectivity index is 1.95. The van der Waals surface area contributed by atoms with Gasteiger partial charge in [-0.2, -0.15) is 5.10 Å². The van der Waals surface area contributed by atoms with Crippen molar-refractivity contribution in [2.75, 3.05) is 0 Å². The number of carbonyl (C=O) groups is 1. The molecule has 0 spiro atoms. The lowest BCUT2D eigenvalue weighted by atomic mass is 9.84. The van der Waals surface area contributed by atoms with Gasteiger partial charge in [0.2, 0.25) is 0 Å². The van der Waals surface area contributed by atoms with Gasteiger partial charge in [0.25, 0.3) is 0 Å².